The zero-order valence-electron chi connectivity index (χ0n) is 35.6. The Hall–Kier alpha value is -6.77. The summed E-state index contributed by atoms with van der Waals surface area (Å²) < 4.78 is 6.36. The maximum atomic E-state index is 12.6. The van der Waals surface area contributed by atoms with Crippen molar-refractivity contribution in [2.24, 2.45) is 17.5 Å². The van der Waals surface area contributed by atoms with Crippen molar-refractivity contribution in [3.05, 3.63) is 62.7 Å². The summed E-state index contributed by atoms with van der Waals surface area (Å²) >= 11 is 3.77. The number of carboxylic acids is 1. The molecule has 2 amide bonds. The highest BCUT2D eigenvalue weighted by molar-refractivity contribution is 7.25. The van der Waals surface area contributed by atoms with Crippen molar-refractivity contribution < 1.29 is 29.0 Å². The summed E-state index contributed by atoms with van der Waals surface area (Å²) in [5.41, 5.74) is 20.6. The number of hydrogen-bond donors (Lipinski definition) is 8. The quantitative estimate of drug-likeness (QED) is 0.0514. The first-order valence-electron chi connectivity index (χ1n) is 17.8. The van der Waals surface area contributed by atoms with E-state index in [0.717, 1.165) is 54.6 Å². The normalized spacial score (nSPS) is 10.2. The van der Waals surface area contributed by atoms with Crippen molar-refractivity contribution in [2.45, 2.75) is 20.8 Å². The average molecular weight is 912 g/mol. The molecule has 0 aliphatic carbocycles. The molecule has 62 heavy (non-hydrogen) atoms. The van der Waals surface area contributed by atoms with Crippen LogP contribution in [0.2, 0.25) is 0 Å². The fourth-order valence-electron chi connectivity index (χ4n) is 5.65. The van der Waals surface area contributed by atoms with E-state index in [-0.39, 0.29) is 11.5 Å². The van der Waals surface area contributed by atoms with Gasteiger partial charge in [-0.15, -0.1) is 34.0 Å². The maximum absolute atomic E-state index is 12.6. The number of anilines is 5. The topological polar surface area (TPSA) is 335 Å². The largest absolute Gasteiger partial charge is 0.481 e. The SMILES string of the molecule is CC(=O)Nn1c(C)nc2c(sc3nccc(N(C)C)c32)c1=O.CC(=O)O.CN(C)c1ccnc2sc(C(=O)NN)c(N)c12.COC(=O)c1sc2nccc(N(C)C)c2c1N.NN. The third kappa shape index (κ3) is 10.9. The molecule has 22 nitrogen and oxygen atoms in total. The number of esters is 1. The van der Waals surface area contributed by atoms with Crippen LogP contribution in [0, 0.1) is 6.92 Å². The highest BCUT2D eigenvalue weighted by Crippen LogP contribution is 2.39. The van der Waals surface area contributed by atoms with E-state index >= 15 is 0 Å². The molecule has 0 spiro atoms. The third-order valence-corrected chi connectivity index (χ3v) is 11.5. The number of rotatable bonds is 6. The van der Waals surface area contributed by atoms with E-state index in [1.807, 2.05) is 75.2 Å². The number of thiophene rings is 3. The molecule has 25 heteroatoms. The van der Waals surface area contributed by atoms with E-state index in [2.05, 4.69) is 42.5 Å². The van der Waals surface area contributed by atoms with Crippen molar-refractivity contribution >= 4 is 127 Å². The zero-order chi connectivity index (χ0) is 46.7. The van der Waals surface area contributed by atoms with E-state index in [0.29, 0.717) is 37.2 Å². The number of nitrogen functional groups attached to an aromatic ring is 3. The standard InChI is InChI=1S/C14H15N5O2S.C11H13N3O2S.C10H13N5OS.C2H4O2.H4N2/c1-7-16-11-10-9(18(3)4)5-6-15-13(10)22-12(11)14(21)19(7)17-8(2)20;1-14(2)6-4-5-13-10-7(6)8(12)9(17-10)11(15)16-3;1-15(2)5-3-4-13-10-6(5)7(11)8(17-10)9(16)14-12;1-2(3)4;1-2/h5-6H,1-4H3,(H,17,20);4-5H,12H2,1-3H3;3-4H,11-12H2,1-2H3,(H,14,16);1H3,(H,3,4);1-2H2. The molecule has 7 aromatic heterocycles. The van der Waals surface area contributed by atoms with Crippen LogP contribution in [0.3, 0.4) is 0 Å². The summed E-state index contributed by atoms with van der Waals surface area (Å²) in [5.74, 6) is 11.6. The van der Waals surface area contributed by atoms with E-state index < -0.39 is 17.8 Å². The van der Waals surface area contributed by atoms with Crippen LogP contribution in [0.1, 0.15) is 39.0 Å². The van der Waals surface area contributed by atoms with Gasteiger partial charge in [0.1, 0.15) is 40.3 Å². The smallest absolute Gasteiger partial charge is 0.350 e. The molecule has 0 saturated heterocycles. The van der Waals surface area contributed by atoms with Crippen molar-refractivity contribution in [3.63, 3.8) is 0 Å². The van der Waals surface area contributed by atoms with Crippen LogP contribution in [0.5, 0.6) is 0 Å². The minimum Gasteiger partial charge on any atom is -0.481 e. The maximum Gasteiger partial charge on any atom is 0.350 e. The first kappa shape index (κ1) is 49.6. The molecule has 0 atom stereocenters. The van der Waals surface area contributed by atoms with Gasteiger partial charge in [-0.25, -0.2) is 35.2 Å². The van der Waals surface area contributed by atoms with Gasteiger partial charge in [0.05, 0.1) is 51.7 Å². The number of ether oxygens (including phenoxy) is 1. The Balaban J connectivity index is 0.000000235. The Morgan fingerprint density at radius 2 is 1.15 bits per heavy atom. The summed E-state index contributed by atoms with van der Waals surface area (Å²) in [6.07, 6.45) is 5.11. The van der Waals surface area contributed by atoms with Gasteiger partial charge in [0, 0.05) is 74.7 Å². The van der Waals surface area contributed by atoms with Gasteiger partial charge < -0.3 is 36.0 Å². The Bertz CT molecular complexity index is 2690. The van der Waals surface area contributed by atoms with Crippen LogP contribution in [0.4, 0.5) is 28.4 Å². The number of hydrazine groups is 2. The van der Waals surface area contributed by atoms with Crippen LogP contribution >= 0.6 is 34.0 Å². The summed E-state index contributed by atoms with van der Waals surface area (Å²) in [6.45, 7) is 4.12. The first-order valence-corrected chi connectivity index (χ1v) is 20.3. The molecule has 0 radical (unpaired) electrons. The molecule has 0 aliphatic rings. The minimum atomic E-state index is -0.833. The third-order valence-electron chi connectivity index (χ3n) is 8.18. The number of nitrogens with one attached hydrogen (secondary N) is 2. The van der Waals surface area contributed by atoms with E-state index in [1.54, 1.807) is 25.5 Å². The van der Waals surface area contributed by atoms with Crippen LogP contribution < -0.4 is 60.1 Å². The lowest BCUT2D eigenvalue weighted by Crippen LogP contribution is -2.33. The number of methoxy groups -OCH3 is 1. The zero-order valence-corrected chi connectivity index (χ0v) is 38.0. The van der Waals surface area contributed by atoms with Gasteiger partial charge in [-0.2, -0.15) is 0 Å². The van der Waals surface area contributed by atoms with Gasteiger partial charge in [-0.1, -0.05) is 0 Å². The average Bonchev–Trinajstić information content (AvgIpc) is 3.90. The first-order chi connectivity index (χ1) is 29.2. The second-order valence-electron chi connectivity index (χ2n) is 13.1. The number of carbonyl (C=O) groups excluding carboxylic acids is 3. The number of nitrogens with two attached hydrogens (primary N) is 5. The number of hydrogen-bond acceptors (Lipinski definition) is 21. The lowest BCUT2D eigenvalue weighted by Gasteiger charge is -2.13. The molecule has 7 rings (SSSR count). The van der Waals surface area contributed by atoms with Gasteiger partial charge >= 0.3 is 5.97 Å². The van der Waals surface area contributed by atoms with Gasteiger partial charge in [0.2, 0.25) is 5.91 Å². The molecule has 13 N–H and O–H groups in total. The van der Waals surface area contributed by atoms with Crippen molar-refractivity contribution in [2.75, 3.05) is 81.0 Å². The summed E-state index contributed by atoms with van der Waals surface area (Å²) in [5, 5.41) is 9.88. The molecule has 332 valence electrons. The number of aryl methyl sites for hydroxylation is 1. The molecular weight excluding hydrogens is 863 g/mol. The van der Waals surface area contributed by atoms with E-state index in [9.17, 15) is 19.2 Å². The molecule has 0 aliphatic heterocycles. The fraction of sp³-hybridized carbons (Fsp3) is 0.270. The predicted octanol–water partition coefficient (Wildman–Crippen LogP) is 2.66. The van der Waals surface area contributed by atoms with Gasteiger partial charge in [-0.05, 0) is 25.1 Å². The molecule has 0 unspecified atom stereocenters. The Morgan fingerprint density at radius 1 is 0.742 bits per heavy atom. The molecule has 0 bridgehead atoms. The van der Waals surface area contributed by atoms with Crippen LogP contribution in [0.15, 0.2) is 41.6 Å². The summed E-state index contributed by atoms with van der Waals surface area (Å²) in [6, 6.07) is 5.62. The number of aliphatic carboxylic acids is 1. The number of pyridine rings is 3. The van der Waals surface area contributed by atoms with Crippen LogP contribution in [-0.2, 0) is 14.3 Å². The second-order valence-corrected chi connectivity index (χ2v) is 16.1. The number of nitrogens with zero attached hydrogens (tertiary/aromatic N) is 8. The lowest BCUT2D eigenvalue weighted by atomic mass is 10.2. The molecule has 0 aromatic carbocycles. The Kier molecular flexibility index (Phi) is 17.3. The number of aromatic nitrogens is 5. The molecule has 0 saturated carbocycles. The summed E-state index contributed by atoms with van der Waals surface area (Å²) in [4.78, 5) is 82.1. The summed E-state index contributed by atoms with van der Waals surface area (Å²) in [7, 11) is 12.9. The molecule has 7 heterocycles. The highest BCUT2D eigenvalue weighted by Gasteiger charge is 2.22. The van der Waals surface area contributed by atoms with Crippen molar-refractivity contribution in [1.82, 2.24) is 30.0 Å². The fourth-order valence-corrected chi connectivity index (χ4v) is 8.67. The van der Waals surface area contributed by atoms with E-state index in [4.69, 9.17) is 31.9 Å². The monoisotopic (exact) mass is 911 g/mol. The van der Waals surface area contributed by atoms with Gasteiger partial charge in [0.15, 0.2) is 0 Å². The Labute approximate surface area is 366 Å². The highest BCUT2D eigenvalue weighted by atomic mass is 32.1. The van der Waals surface area contributed by atoms with E-state index in [1.165, 1.54) is 52.7 Å². The van der Waals surface area contributed by atoms with Crippen molar-refractivity contribution in [3.8, 4) is 0 Å². The second kappa shape index (κ2) is 21.7. The number of fused-ring (bicyclic) bond motifs is 5. The van der Waals surface area contributed by atoms with Crippen molar-refractivity contribution in [1.29, 1.82) is 0 Å². The number of carbonyl (C=O) groups is 4. The van der Waals surface area contributed by atoms with Gasteiger partial charge in [-0.3, -0.25) is 41.7 Å². The molecule has 0 fully saturated rings. The number of amides is 2. The van der Waals surface area contributed by atoms with Crippen LogP contribution in [-0.4, -0.2) is 103 Å². The minimum absolute atomic E-state index is 0.287. The number of carboxylic acid groups (broad SMARTS) is 1. The van der Waals surface area contributed by atoms with Crippen LogP contribution in [0.25, 0.3) is 40.9 Å². The molecule has 7 aromatic rings. The predicted molar refractivity (Wildman–Crippen MR) is 250 cm³/mol. The Morgan fingerprint density at radius 3 is 1.55 bits per heavy atom. The molecular formula is C37H49N15O7S3. The van der Waals surface area contributed by atoms with Gasteiger partial charge in [0.25, 0.3) is 17.4 Å². The lowest BCUT2D eigenvalue weighted by molar-refractivity contribution is -0.134.